The van der Waals surface area contributed by atoms with Crippen LogP contribution in [0.4, 0.5) is 5.69 Å². The Bertz CT molecular complexity index is 1070. The highest BCUT2D eigenvalue weighted by atomic mass is 16.5. The van der Waals surface area contributed by atoms with Crippen molar-refractivity contribution in [3.8, 4) is 5.75 Å². The van der Waals surface area contributed by atoms with E-state index in [4.69, 9.17) is 13.9 Å². The average molecular weight is 410 g/mol. The molecular weight excluding hydrogens is 384 g/mol. The predicted octanol–water partition coefficient (Wildman–Crippen LogP) is 1.13. The number of carbonyl (C=O) groups is 1. The van der Waals surface area contributed by atoms with Gasteiger partial charge in [-0.2, -0.15) is 0 Å². The van der Waals surface area contributed by atoms with Crippen molar-refractivity contribution in [1.29, 1.82) is 0 Å². The number of hydrazone groups is 1. The standard InChI is InChI=1S/C22H26N4O4/c1-15-14-17(16(2)29-15)22-24-23-20(30-22)8-9-21(27)26-12-10-25(11-13-26)18-6-4-5-7-19(18)28-3/h4-7,14,24H,2,8-13H2,1,3H3. The van der Waals surface area contributed by atoms with Crippen molar-refractivity contribution >= 4 is 30.0 Å². The van der Waals surface area contributed by atoms with Crippen LogP contribution in [-0.4, -0.2) is 50.0 Å². The van der Waals surface area contributed by atoms with Gasteiger partial charge in [-0.15, -0.1) is 5.10 Å². The third-order valence-electron chi connectivity index (χ3n) is 5.29. The lowest BCUT2D eigenvalue weighted by atomic mass is 10.2. The summed E-state index contributed by atoms with van der Waals surface area (Å²) in [6.45, 7) is 8.61. The predicted molar refractivity (Wildman–Crippen MR) is 114 cm³/mol. The summed E-state index contributed by atoms with van der Waals surface area (Å²) in [4.78, 5) is 16.8. The molecule has 1 fully saturated rings. The van der Waals surface area contributed by atoms with Crippen LogP contribution >= 0.6 is 0 Å². The number of hydrogen-bond acceptors (Lipinski definition) is 7. The summed E-state index contributed by atoms with van der Waals surface area (Å²) in [5.41, 5.74) is 4.44. The fraction of sp³-hybridized carbons (Fsp3) is 0.364. The molecule has 3 heterocycles. The second-order valence-corrected chi connectivity index (χ2v) is 7.28. The van der Waals surface area contributed by atoms with Gasteiger partial charge in [-0.1, -0.05) is 18.7 Å². The number of nitrogens with zero attached hydrogens (tertiary/aromatic N) is 3. The number of aryl methyl sites for hydroxylation is 1. The van der Waals surface area contributed by atoms with Crippen LogP contribution in [0.15, 0.2) is 39.9 Å². The molecule has 2 aromatic rings. The van der Waals surface area contributed by atoms with Crippen LogP contribution in [0.3, 0.4) is 0 Å². The van der Waals surface area contributed by atoms with E-state index < -0.39 is 0 Å². The van der Waals surface area contributed by atoms with Gasteiger partial charge in [0, 0.05) is 39.0 Å². The molecule has 4 rings (SSSR count). The number of anilines is 1. The Morgan fingerprint density at radius 1 is 1.27 bits per heavy atom. The second kappa shape index (κ2) is 8.52. The van der Waals surface area contributed by atoms with E-state index in [-0.39, 0.29) is 5.91 Å². The minimum Gasteiger partial charge on any atom is -0.495 e. The Hall–Kier alpha value is -3.42. The Labute approximate surface area is 175 Å². The number of methoxy groups -OCH3 is 1. The molecular formula is C22H26N4O4. The van der Waals surface area contributed by atoms with Crippen molar-refractivity contribution in [1.82, 2.24) is 10.3 Å². The number of benzene rings is 1. The van der Waals surface area contributed by atoms with Gasteiger partial charge in [-0.3, -0.25) is 4.79 Å². The lowest BCUT2D eigenvalue weighted by molar-refractivity contribution is -0.131. The zero-order valence-electron chi connectivity index (χ0n) is 17.3. The van der Waals surface area contributed by atoms with Crippen molar-refractivity contribution < 1.29 is 18.7 Å². The van der Waals surface area contributed by atoms with Crippen LogP contribution in [0.1, 0.15) is 18.6 Å². The van der Waals surface area contributed by atoms with Gasteiger partial charge >= 0.3 is 0 Å². The van der Waals surface area contributed by atoms with E-state index in [0.717, 1.165) is 35.5 Å². The summed E-state index contributed by atoms with van der Waals surface area (Å²) in [5, 5.41) is 4.92. The molecule has 1 amide bonds. The first kappa shape index (κ1) is 19.9. The van der Waals surface area contributed by atoms with Crippen molar-refractivity contribution in [2.45, 2.75) is 19.8 Å². The molecule has 0 spiro atoms. The third-order valence-corrected chi connectivity index (χ3v) is 5.29. The van der Waals surface area contributed by atoms with Gasteiger partial charge in [0.25, 0.3) is 0 Å². The van der Waals surface area contributed by atoms with Gasteiger partial charge in [0.2, 0.25) is 17.7 Å². The molecule has 158 valence electrons. The summed E-state index contributed by atoms with van der Waals surface area (Å²) in [6, 6.07) is 9.80. The summed E-state index contributed by atoms with van der Waals surface area (Å²) < 4.78 is 16.6. The van der Waals surface area contributed by atoms with Gasteiger partial charge in [-0.25, -0.2) is 5.43 Å². The zero-order chi connectivity index (χ0) is 21.1. The van der Waals surface area contributed by atoms with Crippen LogP contribution in [0, 0.1) is 6.92 Å². The van der Waals surface area contributed by atoms with Crippen LogP contribution in [0.5, 0.6) is 5.75 Å². The average Bonchev–Trinajstić information content (AvgIpc) is 3.37. The molecule has 0 aliphatic carbocycles. The quantitative estimate of drug-likeness (QED) is 0.796. The van der Waals surface area contributed by atoms with Crippen molar-refractivity contribution in [3.05, 3.63) is 46.7 Å². The van der Waals surface area contributed by atoms with E-state index in [1.165, 1.54) is 0 Å². The fourth-order valence-electron chi connectivity index (χ4n) is 3.71. The Morgan fingerprint density at radius 2 is 2.03 bits per heavy atom. The maximum absolute atomic E-state index is 12.7. The molecule has 2 aliphatic heterocycles. The first-order valence-electron chi connectivity index (χ1n) is 10.0. The Kier molecular flexibility index (Phi) is 5.65. The first-order chi connectivity index (χ1) is 14.5. The van der Waals surface area contributed by atoms with E-state index in [1.54, 1.807) is 7.11 Å². The molecule has 8 nitrogen and oxygen atoms in total. The molecule has 0 radical (unpaired) electrons. The molecule has 2 aliphatic rings. The summed E-state index contributed by atoms with van der Waals surface area (Å²) in [7, 11) is 1.68. The minimum atomic E-state index is 0.103. The maximum atomic E-state index is 12.7. The highest BCUT2D eigenvalue weighted by Crippen LogP contribution is 2.28. The van der Waals surface area contributed by atoms with E-state index in [1.807, 2.05) is 42.2 Å². The number of ether oxygens (including phenoxy) is 2. The number of nitrogens with one attached hydrogen (secondary N) is 1. The van der Waals surface area contributed by atoms with Gasteiger partial charge in [0.15, 0.2) is 0 Å². The molecule has 0 unspecified atom stereocenters. The monoisotopic (exact) mass is 410 g/mol. The SMILES string of the molecule is C=c1oc(C)cc1=C1NN=C(CCC(=O)N2CCN(c3ccccc3OC)CC2)O1. The largest absolute Gasteiger partial charge is 0.495 e. The fourth-order valence-corrected chi connectivity index (χ4v) is 3.71. The maximum Gasteiger partial charge on any atom is 0.226 e. The van der Waals surface area contributed by atoms with Gasteiger partial charge < -0.3 is 23.7 Å². The smallest absolute Gasteiger partial charge is 0.226 e. The molecule has 1 aromatic heterocycles. The van der Waals surface area contributed by atoms with Crippen LogP contribution < -0.4 is 25.7 Å². The number of furan rings is 1. The van der Waals surface area contributed by atoms with Gasteiger partial charge in [0.05, 0.1) is 18.0 Å². The van der Waals surface area contributed by atoms with E-state index in [0.29, 0.717) is 43.1 Å². The molecule has 8 heteroatoms. The molecule has 0 atom stereocenters. The number of para-hydroxylation sites is 2. The lowest BCUT2D eigenvalue weighted by Gasteiger charge is -2.36. The molecule has 1 saturated heterocycles. The van der Waals surface area contributed by atoms with E-state index in [9.17, 15) is 4.79 Å². The van der Waals surface area contributed by atoms with Crippen LogP contribution in [-0.2, 0) is 9.53 Å². The highest BCUT2D eigenvalue weighted by molar-refractivity contribution is 5.87. The number of piperazine rings is 1. The Balaban J connectivity index is 1.28. The first-order valence-corrected chi connectivity index (χ1v) is 10.0. The van der Waals surface area contributed by atoms with Gasteiger partial charge in [0.1, 0.15) is 16.9 Å². The third kappa shape index (κ3) is 4.12. The lowest BCUT2D eigenvalue weighted by Crippen LogP contribution is -2.48. The summed E-state index contributed by atoms with van der Waals surface area (Å²) in [5.74, 6) is 2.69. The van der Waals surface area contributed by atoms with E-state index in [2.05, 4.69) is 22.0 Å². The highest BCUT2D eigenvalue weighted by Gasteiger charge is 2.24. The zero-order valence-corrected chi connectivity index (χ0v) is 17.3. The normalized spacial score (nSPS) is 18.0. The second-order valence-electron chi connectivity index (χ2n) is 7.28. The van der Waals surface area contributed by atoms with Crippen molar-refractivity contribution in [2.75, 3.05) is 38.2 Å². The van der Waals surface area contributed by atoms with Crippen molar-refractivity contribution in [3.63, 3.8) is 0 Å². The molecule has 0 bridgehead atoms. The molecule has 0 saturated carbocycles. The van der Waals surface area contributed by atoms with Crippen molar-refractivity contribution in [2.24, 2.45) is 5.10 Å². The Morgan fingerprint density at radius 3 is 2.73 bits per heavy atom. The number of carbonyl (C=O) groups excluding carboxylic acids is 1. The van der Waals surface area contributed by atoms with E-state index >= 15 is 0 Å². The number of rotatable bonds is 5. The molecule has 1 N–H and O–H groups in total. The number of hydrogen-bond donors (Lipinski definition) is 1. The van der Waals surface area contributed by atoms with Crippen LogP contribution in [0.2, 0.25) is 0 Å². The summed E-state index contributed by atoms with van der Waals surface area (Å²) >= 11 is 0. The number of amides is 1. The minimum absolute atomic E-state index is 0.103. The molecule has 30 heavy (non-hydrogen) atoms. The topological polar surface area (TPSA) is 79.5 Å². The van der Waals surface area contributed by atoms with Crippen LogP contribution in [0.25, 0.3) is 12.5 Å². The van der Waals surface area contributed by atoms with Gasteiger partial charge in [-0.05, 0) is 25.1 Å². The summed E-state index contributed by atoms with van der Waals surface area (Å²) in [6.07, 6.45) is 0.787. The molecule has 1 aromatic carbocycles.